The first-order valence-electron chi connectivity index (χ1n) is 7.60. The molecule has 0 atom stereocenters. The van der Waals surface area contributed by atoms with Gasteiger partial charge in [0.25, 0.3) is 11.8 Å². The molecule has 2 aromatic rings. The van der Waals surface area contributed by atoms with Crippen molar-refractivity contribution in [2.45, 2.75) is 6.92 Å². The number of carbonyl (C=O) groups is 3. The third-order valence-corrected chi connectivity index (χ3v) is 3.69. The molecule has 0 aliphatic carbocycles. The fourth-order valence-corrected chi connectivity index (χ4v) is 2.26. The van der Waals surface area contributed by atoms with Crippen LogP contribution in [0.2, 0.25) is 0 Å². The number of anilines is 1. The molecular formula is C18H17BrN2O4. The molecule has 130 valence electrons. The summed E-state index contributed by atoms with van der Waals surface area (Å²) < 4.78 is 5.81. The molecule has 2 N–H and O–H groups in total. The molecule has 0 radical (unpaired) electrons. The first-order valence-corrected chi connectivity index (χ1v) is 8.39. The molecule has 0 aliphatic heterocycles. The number of ether oxygens (including phenoxy) is 1. The lowest BCUT2D eigenvalue weighted by atomic mass is 10.2. The third-order valence-electron chi connectivity index (χ3n) is 3.16. The van der Waals surface area contributed by atoms with Gasteiger partial charge in [-0.1, -0.05) is 22.0 Å². The molecule has 25 heavy (non-hydrogen) atoms. The molecule has 0 saturated heterocycles. The Hall–Kier alpha value is -2.67. The minimum absolute atomic E-state index is 0.222. The van der Waals surface area contributed by atoms with Crippen LogP contribution in [0, 0.1) is 0 Å². The van der Waals surface area contributed by atoms with E-state index in [0.29, 0.717) is 23.4 Å². The van der Waals surface area contributed by atoms with E-state index in [-0.39, 0.29) is 5.91 Å². The van der Waals surface area contributed by atoms with Gasteiger partial charge >= 0.3 is 5.97 Å². The van der Waals surface area contributed by atoms with E-state index in [2.05, 4.69) is 26.6 Å². The average Bonchev–Trinajstić information content (AvgIpc) is 2.61. The zero-order chi connectivity index (χ0) is 18.2. The van der Waals surface area contributed by atoms with Gasteiger partial charge in [0.2, 0.25) is 0 Å². The van der Waals surface area contributed by atoms with Crippen LogP contribution in [0.5, 0.6) is 0 Å². The highest BCUT2D eigenvalue weighted by molar-refractivity contribution is 9.10. The summed E-state index contributed by atoms with van der Waals surface area (Å²) in [5.74, 6) is -1.29. The molecule has 2 amide bonds. The Morgan fingerprint density at radius 2 is 1.76 bits per heavy atom. The summed E-state index contributed by atoms with van der Waals surface area (Å²) in [5.41, 5.74) is 1.24. The first-order chi connectivity index (χ1) is 12.0. The summed E-state index contributed by atoms with van der Waals surface area (Å²) in [7, 11) is 0. The van der Waals surface area contributed by atoms with Gasteiger partial charge in [-0.05, 0) is 49.4 Å². The zero-order valence-electron chi connectivity index (χ0n) is 13.5. The van der Waals surface area contributed by atoms with E-state index in [4.69, 9.17) is 4.74 Å². The van der Waals surface area contributed by atoms with E-state index in [9.17, 15) is 14.4 Å². The summed E-state index contributed by atoms with van der Waals surface area (Å²) in [6.07, 6.45) is 0. The minimum atomic E-state index is -0.585. The molecule has 0 aromatic heterocycles. The zero-order valence-corrected chi connectivity index (χ0v) is 15.1. The van der Waals surface area contributed by atoms with Crippen LogP contribution in [0.4, 0.5) is 5.69 Å². The highest BCUT2D eigenvalue weighted by Crippen LogP contribution is 2.12. The van der Waals surface area contributed by atoms with Gasteiger partial charge in [0, 0.05) is 22.3 Å². The topological polar surface area (TPSA) is 84.5 Å². The van der Waals surface area contributed by atoms with Crippen LogP contribution in [-0.2, 0) is 9.53 Å². The van der Waals surface area contributed by atoms with Crippen LogP contribution in [0.25, 0.3) is 0 Å². The molecule has 0 unspecified atom stereocenters. The van der Waals surface area contributed by atoms with Crippen LogP contribution >= 0.6 is 15.9 Å². The molecule has 0 heterocycles. The highest BCUT2D eigenvalue weighted by atomic mass is 79.9. The van der Waals surface area contributed by atoms with E-state index in [1.807, 2.05) is 6.92 Å². The number of hydrogen-bond acceptors (Lipinski definition) is 4. The Bertz CT molecular complexity index is 775. The SMILES string of the molecule is CCNC(=O)c1cccc(NC(=O)COC(=O)c2ccc(Br)cc2)c1. The summed E-state index contributed by atoms with van der Waals surface area (Å²) in [4.78, 5) is 35.6. The summed E-state index contributed by atoms with van der Waals surface area (Å²) in [5, 5.41) is 5.27. The van der Waals surface area contributed by atoms with Crippen molar-refractivity contribution in [1.82, 2.24) is 5.32 Å². The predicted molar refractivity (Wildman–Crippen MR) is 97.5 cm³/mol. The van der Waals surface area contributed by atoms with E-state index in [1.54, 1.807) is 48.5 Å². The van der Waals surface area contributed by atoms with Gasteiger partial charge in [0.15, 0.2) is 6.61 Å². The average molecular weight is 405 g/mol. The van der Waals surface area contributed by atoms with Crippen LogP contribution in [0.15, 0.2) is 53.0 Å². The Morgan fingerprint density at radius 3 is 2.44 bits per heavy atom. The highest BCUT2D eigenvalue weighted by Gasteiger charge is 2.11. The fraction of sp³-hybridized carbons (Fsp3) is 0.167. The number of hydrogen-bond donors (Lipinski definition) is 2. The number of halogens is 1. The minimum Gasteiger partial charge on any atom is -0.452 e. The Balaban J connectivity index is 1.90. The van der Waals surface area contributed by atoms with E-state index in [0.717, 1.165) is 4.47 Å². The molecule has 2 rings (SSSR count). The van der Waals surface area contributed by atoms with Crippen LogP contribution in [0.3, 0.4) is 0 Å². The van der Waals surface area contributed by atoms with E-state index >= 15 is 0 Å². The number of carbonyl (C=O) groups excluding carboxylic acids is 3. The summed E-state index contributed by atoms with van der Waals surface area (Å²) in [6, 6.07) is 13.1. The normalized spacial score (nSPS) is 10.0. The maximum Gasteiger partial charge on any atom is 0.338 e. The summed E-state index contributed by atoms with van der Waals surface area (Å²) >= 11 is 3.27. The number of nitrogens with one attached hydrogen (secondary N) is 2. The number of amides is 2. The van der Waals surface area contributed by atoms with Gasteiger partial charge in [0.05, 0.1) is 5.56 Å². The lowest BCUT2D eigenvalue weighted by molar-refractivity contribution is -0.119. The molecule has 0 fully saturated rings. The van der Waals surface area contributed by atoms with Crippen LogP contribution in [-0.4, -0.2) is 30.9 Å². The first kappa shape index (κ1) is 18.7. The molecule has 6 nitrogen and oxygen atoms in total. The second-order valence-corrected chi connectivity index (χ2v) is 5.99. The van der Waals surface area contributed by atoms with Crippen molar-refractivity contribution in [2.24, 2.45) is 0 Å². The molecule has 0 bridgehead atoms. The molecular weight excluding hydrogens is 388 g/mol. The Morgan fingerprint density at radius 1 is 1.04 bits per heavy atom. The van der Waals surface area contributed by atoms with Crippen LogP contribution < -0.4 is 10.6 Å². The van der Waals surface area contributed by atoms with Crippen molar-refractivity contribution in [2.75, 3.05) is 18.5 Å². The molecule has 2 aromatic carbocycles. The maximum absolute atomic E-state index is 11.9. The van der Waals surface area contributed by atoms with Gasteiger partial charge in [-0.25, -0.2) is 4.79 Å². The summed E-state index contributed by atoms with van der Waals surface area (Å²) in [6.45, 7) is 1.92. The lowest BCUT2D eigenvalue weighted by Crippen LogP contribution is -2.23. The standard InChI is InChI=1S/C18H17BrN2O4/c1-2-20-17(23)13-4-3-5-15(10-13)21-16(22)11-25-18(24)12-6-8-14(19)9-7-12/h3-10H,2,11H2,1H3,(H,20,23)(H,21,22). The van der Waals surface area contributed by atoms with Gasteiger partial charge in [-0.3, -0.25) is 9.59 Å². The fourth-order valence-electron chi connectivity index (χ4n) is 2.00. The van der Waals surface area contributed by atoms with Gasteiger partial charge in [-0.15, -0.1) is 0 Å². The number of esters is 1. The lowest BCUT2D eigenvalue weighted by Gasteiger charge is -2.08. The molecule has 0 aliphatic rings. The van der Waals surface area contributed by atoms with Gasteiger partial charge in [-0.2, -0.15) is 0 Å². The van der Waals surface area contributed by atoms with Crippen LogP contribution in [0.1, 0.15) is 27.6 Å². The van der Waals surface area contributed by atoms with Crippen molar-refractivity contribution in [3.63, 3.8) is 0 Å². The number of benzene rings is 2. The maximum atomic E-state index is 11.9. The number of rotatable bonds is 6. The largest absolute Gasteiger partial charge is 0.452 e. The van der Waals surface area contributed by atoms with E-state index < -0.39 is 18.5 Å². The van der Waals surface area contributed by atoms with Crippen molar-refractivity contribution in [3.05, 3.63) is 64.1 Å². The molecule has 7 heteroatoms. The second-order valence-electron chi connectivity index (χ2n) is 5.07. The van der Waals surface area contributed by atoms with Crippen molar-refractivity contribution in [3.8, 4) is 0 Å². The Labute approximate surface area is 153 Å². The smallest absolute Gasteiger partial charge is 0.338 e. The van der Waals surface area contributed by atoms with E-state index in [1.165, 1.54) is 0 Å². The molecule has 0 spiro atoms. The third kappa shape index (κ3) is 5.72. The van der Waals surface area contributed by atoms with Crippen molar-refractivity contribution < 1.29 is 19.1 Å². The van der Waals surface area contributed by atoms with Gasteiger partial charge < -0.3 is 15.4 Å². The Kier molecular flexibility index (Phi) is 6.71. The predicted octanol–water partition coefficient (Wildman–Crippen LogP) is 2.99. The van der Waals surface area contributed by atoms with Gasteiger partial charge in [0.1, 0.15) is 0 Å². The quantitative estimate of drug-likeness (QED) is 0.724. The molecule has 0 saturated carbocycles. The monoisotopic (exact) mass is 404 g/mol. The van der Waals surface area contributed by atoms with Crippen molar-refractivity contribution >= 4 is 39.4 Å². The second kappa shape index (κ2) is 8.98. The van der Waals surface area contributed by atoms with Crippen molar-refractivity contribution in [1.29, 1.82) is 0 Å².